The number of rotatable bonds is 6. The minimum Gasteiger partial charge on any atom is -0.465 e. The molecular formula is C12H15Cl2NO4S. The van der Waals surface area contributed by atoms with Crippen molar-refractivity contribution in [1.82, 2.24) is 4.31 Å². The summed E-state index contributed by atoms with van der Waals surface area (Å²) >= 11 is 11.6. The number of halogens is 2. The van der Waals surface area contributed by atoms with Gasteiger partial charge < -0.3 is 4.74 Å². The number of nitrogens with zero attached hydrogens (tertiary/aromatic N) is 1. The molecule has 20 heavy (non-hydrogen) atoms. The molecule has 8 heteroatoms. The number of carbonyl (C=O) groups is 1. The molecule has 1 rings (SSSR count). The van der Waals surface area contributed by atoms with Crippen molar-refractivity contribution in [3.8, 4) is 0 Å². The normalized spacial score (nSPS) is 11.7. The van der Waals surface area contributed by atoms with Crippen molar-refractivity contribution in [3.05, 3.63) is 28.2 Å². The molecule has 0 unspecified atom stereocenters. The predicted octanol–water partition coefficient (Wildman–Crippen LogP) is 2.57. The third-order valence-electron chi connectivity index (χ3n) is 2.49. The first kappa shape index (κ1) is 17.2. The van der Waals surface area contributed by atoms with Crippen LogP contribution in [0.2, 0.25) is 10.0 Å². The molecule has 0 fully saturated rings. The Morgan fingerprint density at radius 1 is 1.25 bits per heavy atom. The molecule has 0 aromatic heterocycles. The maximum Gasteiger partial charge on any atom is 0.321 e. The van der Waals surface area contributed by atoms with E-state index >= 15 is 0 Å². The lowest BCUT2D eigenvalue weighted by atomic mass is 10.4. The van der Waals surface area contributed by atoms with Crippen molar-refractivity contribution in [2.45, 2.75) is 18.7 Å². The average molecular weight is 340 g/mol. The molecule has 0 radical (unpaired) electrons. The van der Waals surface area contributed by atoms with Crippen LogP contribution in [0.25, 0.3) is 0 Å². The maximum atomic E-state index is 12.4. The van der Waals surface area contributed by atoms with Crippen LogP contribution in [0.1, 0.15) is 13.8 Å². The van der Waals surface area contributed by atoms with Gasteiger partial charge in [-0.3, -0.25) is 4.79 Å². The highest BCUT2D eigenvalue weighted by Gasteiger charge is 2.26. The molecule has 0 aliphatic heterocycles. The summed E-state index contributed by atoms with van der Waals surface area (Å²) in [4.78, 5) is 11.4. The van der Waals surface area contributed by atoms with E-state index in [4.69, 9.17) is 27.9 Å². The van der Waals surface area contributed by atoms with Gasteiger partial charge >= 0.3 is 5.97 Å². The summed E-state index contributed by atoms with van der Waals surface area (Å²) in [6.45, 7) is 3.29. The van der Waals surface area contributed by atoms with Crippen molar-refractivity contribution in [2.75, 3.05) is 19.7 Å². The summed E-state index contributed by atoms with van der Waals surface area (Å²) in [6.07, 6.45) is 0. The van der Waals surface area contributed by atoms with Gasteiger partial charge in [-0.25, -0.2) is 8.42 Å². The van der Waals surface area contributed by atoms with E-state index in [9.17, 15) is 13.2 Å². The fraction of sp³-hybridized carbons (Fsp3) is 0.417. The lowest BCUT2D eigenvalue weighted by molar-refractivity contribution is -0.143. The first-order valence-electron chi connectivity index (χ1n) is 5.93. The van der Waals surface area contributed by atoms with Crippen molar-refractivity contribution in [2.24, 2.45) is 0 Å². The molecular weight excluding hydrogens is 325 g/mol. The Balaban J connectivity index is 3.05. The Labute approximate surface area is 128 Å². The lowest BCUT2D eigenvalue weighted by Gasteiger charge is -2.19. The molecule has 5 nitrogen and oxygen atoms in total. The zero-order valence-corrected chi connectivity index (χ0v) is 13.4. The molecule has 0 amide bonds. The van der Waals surface area contributed by atoms with Crippen LogP contribution >= 0.6 is 23.2 Å². The first-order chi connectivity index (χ1) is 9.32. The summed E-state index contributed by atoms with van der Waals surface area (Å²) in [5.41, 5.74) is 0. The summed E-state index contributed by atoms with van der Waals surface area (Å²) in [7, 11) is -3.81. The maximum absolute atomic E-state index is 12.4. The molecule has 0 spiro atoms. The monoisotopic (exact) mass is 339 g/mol. The van der Waals surface area contributed by atoms with E-state index in [1.54, 1.807) is 13.8 Å². The van der Waals surface area contributed by atoms with Crippen LogP contribution in [0.4, 0.5) is 0 Å². The van der Waals surface area contributed by atoms with Crippen LogP contribution in [0.5, 0.6) is 0 Å². The molecule has 1 aromatic rings. The van der Waals surface area contributed by atoms with Gasteiger partial charge in [0, 0.05) is 6.54 Å². The van der Waals surface area contributed by atoms with Crippen LogP contribution < -0.4 is 0 Å². The summed E-state index contributed by atoms with van der Waals surface area (Å²) in [5.74, 6) is -0.599. The molecule has 1 aromatic carbocycles. The minimum absolute atomic E-state index is 0.0157. The average Bonchev–Trinajstić information content (AvgIpc) is 2.39. The van der Waals surface area contributed by atoms with E-state index in [2.05, 4.69) is 0 Å². The van der Waals surface area contributed by atoms with E-state index < -0.39 is 16.0 Å². The molecule has 0 atom stereocenters. The highest BCUT2D eigenvalue weighted by Crippen LogP contribution is 2.26. The first-order valence-corrected chi connectivity index (χ1v) is 8.13. The third kappa shape index (κ3) is 4.09. The third-order valence-corrected chi connectivity index (χ3v) is 5.15. The zero-order chi connectivity index (χ0) is 15.3. The number of hydrogen-bond donors (Lipinski definition) is 0. The summed E-state index contributed by atoms with van der Waals surface area (Å²) in [6, 6.07) is 4.00. The SMILES string of the molecule is CCOC(=O)CN(CC)S(=O)(=O)c1ccc(Cl)c(Cl)c1. The van der Waals surface area contributed by atoms with Gasteiger partial charge in [-0.05, 0) is 25.1 Å². The van der Waals surface area contributed by atoms with Gasteiger partial charge in [0.15, 0.2) is 0 Å². The molecule has 112 valence electrons. The molecule has 0 saturated carbocycles. The van der Waals surface area contributed by atoms with Gasteiger partial charge in [0.05, 0.1) is 21.5 Å². The Hall–Kier alpha value is -0.820. The fourth-order valence-corrected chi connectivity index (χ4v) is 3.29. The second kappa shape index (κ2) is 7.26. The smallest absolute Gasteiger partial charge is 0.321 e. The van der Waals surface area contributed by atoms with Crippen LogP contribution in [0, 0.1) is 0 Å². The standard InChI is InChI=1S/C12H15Cl2NO4S/c1-3-15(8-12(16)19-4-2)20(17,18)9-5-6-10(13)11(14)7-9/h5-7H,3-4,8H2,1-2H3. The molecule has 0 saturated heterocycles. The molecule has 0 heterocycles. The van der Waals surface area contributed by atoms with Crippen molar-refractivity contribution in [1.29, 1.82) is 0 Å². The second-order valence-electron chi connectivity index (χ2n) is 3.81. The fourth-order valence-electron chi connectivity index (χ4n) is 1.50. The van der Waals surface area contributed by atoms with Gasteiger partial charge in [-0.1, -0.05) is 30.1 Å². The molecule has 0 aliphatic carbocycles. The predicted molar refractivity (Wildman–Crippen MR) is 77.5 cm³/mol. The van der Waals surface area contributed by atoms with E-state index in [0.717, 1.165) is 4.31 Å². The Morgan fingerprint density at radius 2 is 1.90 bits per heavy atom. The van der Waals surface area contributed by atoms with E-state index in [0.29, 0.717) is 0 Å². The van der Waals surface area contributed by atoms with Crippen LogP contribution in [-0.2, 0) is 19.6 Å². The topological polar surface area (TPSA) is 63.7 Å². The minimum atomic E-state index is -3.81. The van der Waals surface area contributed by atoms with E-state index in [1.807, 2.05) is 0 Å². The Bertz CT molecular complexity index is 589. The number of sulfonamides is 1. The molecule has 0 aliphatic rings. The lowest BCUT2D eigenvalue weighted by Crippen LogP contribution is -2.36. The van der Waals surface area contributed by atoms with Gasteiger partial charge in [0.25, 0.3) is 0 Å². The summed E-state index contributed by atoms with van der Waals surface area (Å²) in [5, 5.41) is 0.402. The van der Waals surface area contributed by atoms with Gasteiger partial charge in [-0.2, -0.15) is 4.31 Å². The highest BCUT2D eigenvalue weighted by molar-refractivity contribution is 7.89. The second-order valence-corrected chi connectivity index (χ2v) is 6.56. The van der Waals surface area contributed by atoms with Crippen molar-refractivity contribution >= 4 is 39.2 Å². The molecule has 0 bridgehead atoms. The largest absolute Gasteiger partial charge is 0.465 e. The van der Waals surface area contributed by atoms with E-state index in [-0.39, 0.29) is 34.6 Å². The summed E-state index contributed by atoms with van der Waals surface area (Å²) < 4.78 is 30.5. The van der Waals surface area contributed by atoms with Crippen LogP contribution in [-0.4, -0.2) is 38.4 Å². The van der Waals surface area contributed by atoms with Crippen molar-refractivity contribution < 1.29 is 17.9 Å². The number of ether oxygens (including phenoxy) is 1. The van der Waals surface area contributed by atoms with Crippen molar-refractivity contribution in [3.63, 3.8) is 0 Å². The molecule has 0 N–H and O–H groups in total. The highest BCUT2D eigenvalue weighted by atomic mass is 35.5. The van der Waals surface area contributed by atoms with E-state index in [1.165, 1.54) is 18.2 Å². The zero-order valence-electron chi connectivity index (χ0n) is 11.1. The van der Waals surface area contributed by atoms with Gasteiger partial charge in [0.1, 0.15) is 6.54 Å². The van der Waals surface area contributed by atoms with Gasteiger partial charge in [-0.15, -0.1) is 0 Å². The Kier molecular flexibility index (Phi) is 6.26. The quantitative estimate of drug-likeness (QED) is 0.747. The number of esters is 1. The number of likely N-dealkylation sites (N-methyl/N-ethyl adjacent to an activating group) is 1. The number of hydrogen-bond acceptors (Lipinski definition) is 4. The Morgan fingerprint density at radius 3 is 2.40 bits per heavy atom. The van der Waals surface area contributed by atoms with Gasteiger partial charge in [0.2, 0.25) is 10.0 Å². The number of carbonyl (C=O) groups excluding carboxylic acids is 1. The van der Waals surface area contributed by atoms with Crippen LogP contribution in [0.15, 0.2) is 23.1 Å². The number of benzene rings is 1. The van der Waals surface area contributed by atoms with Crippen LogP contribution in [0.3, 0.4) is 0 Å².